The van der Waals surface area contributed by atoms with Crippen molar-refractivity contribution in [2.24, 2.45) is 0 Å². The van der Waals surface area contributed by atoms with Gasteiger partial charge in [-0.05, 0) is 43.9 Å². The molecule has 1 aromatic carbocycles. The second kappa shape index (κ2) is 6.66. The molecule has 1 aromatic rings. The molecule has 0 radical (unpaired) electrons. The molecule has 19 heavy (non-hydrogen) atoms. The summed E-state index contributed by atoms with van der Waals surface area (Å²) in [6.07, 6.45) is 3.42. The van der Waals surface area contributed by atoms with Crippen LogP contribution < -0.4 is 5.32 Å². The Morgan fingerprint density at radius 1 is 1.37 bits per heavy atom. The highest BCUT2D eigenvalue weighted by Gasteiger charge is 2.22. The van der Waals surface area contributed by atoms with Gasteiger partial charge in [-0.15, -0.1) is 0 Å². The number of hydrogen-bond donors (Lipinski definition) is 1. The predicted octanol–water partition coefficient (Wildman–Crippen LogP) is 2.32. The van der Waals surface area contributed by atoms with Gasteiger partial charge in [0.25, 0.3) is 0 Å². The number of rotatable bonds is 4. The fourth-order valence-corrected chi connectivity index (χ4v) is 2.49. The van der Waals surface area contributed by atoms with Gasteiger partial charge in [0.2, 0.25) is 5.91 Å². The van der Waals surface area contributed by atoms with E-state index in [2.05, 4.69) is 12.2 Å². The van der Waals surface area contributed by atoms with E-state index in [4.69, 9.17) is 0 Å². The Morgan fingerprint density at radius 2 is 2.11 bits per heavy atom. The highest BCUT2D eigenvalue weighted by atomic mass is 19.1. The fourth-order valence-electron chi connectivity index (χ4n) is 2.49. The van der Waals surface area contributed by atoms with Crippen molar-refractivity contribution in [1.82, 2.24) is 10.2 Å². The quantitative estimate of drug-likeness (QED) is 0.905. The van der Waals surface area contributed by atoms with Crippen LogP contribution in [0.5, 0.6) is 0 Å². The van der Waals surface area contributed by atoms with Crippen molar-refractivity contribution in [3.8, 4) is 0 Å². The Morgan fingerprint density at radius 3 is 2.79 bits per heavy atom. The van der Waals surface area contributed by atoms with E-state index in [1.54, 1.807) is 12.1 Å². The first-order chi connectivity index (χ1) is 9.16. The minimum absolute atomic E-state index is 0.161. The zero-order valence-corrected chi connectivity index (χ0v) is 11.4. The number of nitrogens with zero attached hydrogens (tertiary/aromatic N) is 1. The highest BCUT2D eigenvalue weighted by Crippen LogP contribution is 2.16. The summed E-state index contributed by atoms with van der Waals surface area (Å²) in [6.45, 7) is 3.92. The SMILES string of the molecule is C[C@@H]1CCCCN1C(=O)CNCc1ccc(F)cc1. The summed E-state index contributed by atoms with van der Waals surface area (Å²) in [5.74, 6) is -0.0729. The molecule has 4 heteroatoms. The van der Waals surface area contributed by atoms with Gasteiger partial charge in [-0.3, -0.25) is 4.79 Å². The van der Waals surface area contributed by atoms with Gasteiger partial charge in [0.1, 0.15) is 5.82 Å². The maximum Gasteiger partial charge on any atom is 0.236 e. The van der Waals surface area contributed by atoms with Gasteiger partial charge in [-0.1, -0.05) is 12.1 Å². The monoisotopic (exact) mass is 264 g/mol. The minimum Gasteiger partial charge on any atom is -0.339 e. The van der Waals surface area contributed by atoms with E-state index in [9.17, 15) is 9.18 Å². The average molecular weight is 264 g/mol. The van der Waals surface area contributed by atoms with E-state index >= 15 is 0 Å². The van der Waals surface area contributed by atoms with Crippen molar-refractivity contribution in [2.75, 3.05) is 13.1 Å². The second-order valence-electron chi connectivity index (χ2n) is 5.16. The van der Waals surface area contributed by atoms with Gasteiger partial charge in [0.15, 0.2) is 0 Å². The second-order valence-corrected chi connectivity index (χ2v) is 5.16. The van der Waals surface area contributed by atoms with Crippen LogP contribution in [0.15, 0.2) is 24.3 Å². The molecule has 1 fully saturated rings. The van der Waals surface area contributed by atoms with Gasteiger partial charge in [0, 0.05) is 19.1 Å². The zero-order chi connectivity index (χ0) is 13.7. The first-order valence-electron chi connectivity index (χ1n) is 6.91. The predicted molar refractivity (Wildman–Crippen MR) is 73.1 cm³/mol. The Bertz CT molecular complexity index is 419. The van der Waals surface area contributed by atoms with Crippen LogP contribution in [-0.2, 0) is 11.3 Å². The van der Waals surface area contributed by atoms with Crippen molar-refractivity contribution < 1.29 is 9.18 Å². The molecule has 0 unspecified atom stereocenters. The Balaban J connectivity index is 1.75. The molecule has 0 spiro atoms. The van der Waals surface area contributed by atoms with Crippen LogP contribution in [0.3, 0.4) is 0 Å². The smallest absolute Gasteiger partial charge is 0.236 e. The first-order valence-corrected chi connectivity index (χ1v) is 6.91. The van der Waals surface area contributed by atoms with Gasteiger partial charge in [-0.2, -0.15) is 0 Å². The third kappa shape index (κ3) is 4.03. The van der Waals surface area contributed by atoms with Crippen LogP contribution in [0.25, 0.3) is 0 Å². The lowest BCUT2D eigenvalue weighted by atomic mass is 10.0. The number of amides is 1. The maximum absolute atomic E-state index is 12.7. The molecule has 0 bridgehead atoms. The minimum atomic E-state index is -0.234. The molecule has 1 heterocycles. The lowest BCUT2D eigenvalue weighted by Crippen LogP contribution is -2.45. The number of hydrogen-bond acceptors (Lipinski definition) is 2. The number of piperidine rings is 1. The van der Waals surface area contributed by atoms with E-state index < -0.39 is 0 Å². The molecule has 2 rings (SSSR count). The van der Waals surface area contributed by atoms with E-state index in [1.165, 1.54) is 18.6 Å². The molecule has 0 aromatic heterocycles. The summed E-state index contributed by atoms with van der Waals surface area (Å²) in [5, 5.41) is 3.13. The van der Waals surface area contributed by atoms with Crippen molar-refractivity contribution in [2.45, 2.75) is 38.8 Å². The van der Waals surface area contributed by atoms with E-state index in [0.29, 0.717) is 19.1 Å². The molecule has 1 aliphatic heterocycles. The van der Waals surface area contributed by atoms with Crippen molar-refractivity contribution in [3.05, 3.63) is 35.6 Å². The molecular formula is C15H21FN2O. The van der Waals surface area contributed by atoms with Crippen LogP contribution in [0.4, 0.5) is 4.39 Å². The maximum atomic E-state index is 12.7. The van der Waals surface area contributed by atoms with E-state index in [0.717, 1.165) is 24.9 Å². The normalized spacial score (nSPS) is 19.5. The third-order valence-corrected chi connectivity index (χ3v) is 3.64. The van der Waals surface area contributed by atoms with E-state index in [-0.39, 0.29) is 11.7 Å². The lowest BCUT2D eigenvalue weighted by Gasteiger charge is -2.33. The summed E-state index contributed by atoms with van der Waals surface area (Å²) in [5.41, 5.74) is 0.987. The standard InChI is InChI=1S/C15H21FN2O/c1-12-4-2-3-9-18(12)15(19)11-17-10-13-5-7-14(16)8-6-13/h5-8,12,17H,2-4,9-11H2,1H3/t12-/m1/s1. The third-order valence-electron chi connectivity index (χ3n) is 3.64. The Hall–Kier alpha value is -1.42. The molecule has 1 N–H and O–H groups in total. The van der Waals surface area contributed by atoms with Crippen molar-refractivity contribution in [3.63, 3.8) is 0 Å². The molecule has 1 atom stereocenters. The lowest BCUT2D eigenvalue weighted by molar-refractivity contribution is -0.133. The highest BCUT2D eigenvalue weighted by molar-refractivity contribution is 5.78. The number of carbonyl (C=O) groups is 1. The fraction of sp³-hybridized carbons (Fsp3) is 0.533. The topological polar surface area (TPSA) is 32.3 Å². The van der Waals surface area contributed by atoms with Crippen LogP contribution in [0.2, 0.25) is 0 Å². The van der Waals surface area contributed by atoms with Crippen LogP contribution in [-0.4, -0.2) is 29.9 Å². The molecule has 1 amide bonds. The van der Waals surface area contributed by atoms with Crippen LogP contribution in [0, 0.1) is 5.82 Å². The summed E-state index contributed by atoms with van der Waals surface area (Å²) < 4.78 is 12.7. The van der Waals surface area contributed by atoms with Crippen molar-refractivity contribution in [1.29, 1.82) is 0 Å². The zero-order valence-electron chi connectivity index (χ0n) is 11.4. The molecule has 0 saturated carbocycles. The van der Waals surface area contributed by atoms with Crippen molar-refractivity contribution >= 4 is 5.91 Å². The first kappa shape index (κ1) is 14.0. The van der Waals surface area contributed by atoms with Gasteiger partial charge in [0.05, 0.1) is 6.54 Å². The number of halogens is 1. The molecule has 104 valence electrons. The Kier molecular flexibility index (Phi) is 4.91. The van der Waals surface area contributed by atoms with E-state index in [1.807, 2.05) is 4.90 Å². The Labute approximate surface area is 113 Å². The number of likely N-dealkylation sites (tertiary alicyclic amines) is 1. The summed E-state index contributed by atoms with van der Waals surface area (Å²) in [4.78, 5) is 14.0. The molecule has 0 aliphatic carbocycles. The van der Waals surface area contributed by atoms with Crippen LogP contribution in [0.1, 0.15) is 31.7 Å². The number of benzene rings is 1. The summed E-state index contributed by atoms with van der Waals surface area (Å²) in [6, 6.07) is 6.69. The largest absolute Gasteiger partial charge is 0.339 e. The number of nitrogens with one attached hydrogen (secondary N) is 1. The molecule has 1 aliphatic rings. The van der Waals surface area contributed by atoms with Gasteiger partial charge >= 0.3 is 0 Å². The molecular weight excluding hydrogens is 243 g/mol. The van der Waals surface area contributed by atoms with Gasteiger partial charge in [-0.25, -0.2) is 4.39 Å². The van der Waals surface area contributed by atoms with Gasteiger partial charge < -0.3 is 10.2 Å². The molecule has 3 nitrogen and oxygen atoms in total. The number of carbonyl (C=O) groups excluding carboxylic acids is 1. The molecule has 1 saturated heterocycles. The summed E-state index contributed by atoms with van der Waals surface area (Å²) in [7, 11) is 0. The summed E-state index contributed by atoms with van der Waals surface area (Å²) >= 11 is 0. The average Bonchev–Trinajstić information content (AvgIpc) is 2.41. The van der Waals surface area contributed by atoms with Crippen LogP contribution >= 0.6 is 0 Å².